The number of benzene rings is 3. The van der Waals surface area contributed by atoms with E-state index in [1.54, 1.807) is 0 Å². The summed E-state index contributed by atoms with van der Waals surface area (Å²) in [6.07, 6.45) is 0. The summed E-state index contributed by atoms with van der Waals surface area (Å²) >= 11 is 0. The van der Waals surface area contributed by atoms with E-state index in [-0.39, 0.29) is 21.7 Å². The van der Waals surface area contributed by atoms with Crippen LogP contribution in [0.1, 0.15) is 111 Å². The lowest BCUT2D eigenvalue weighted by Gasteiger charge is -2.28. The third-order valence-electron chi connectivity index (χ3n) is 6.61. The normalized spacial score (nSPS) is 12.5. The van der Waals surface area contributed by atoms with Crippen LogP contribution in [0, 0.1) is 6.92 Å². The van der Waals surface area contributed by atoms with Crippen molar-refractivity contribution in [1.29, 1.82) is 0 Å². The van der Waals surface area contributed by atoms with E-state index in [9.17, 15) is 0 Å². The quantitative estimate of drug-likeness (QED) is 0.189. The maximum absolute atomic E-state index is 5.98. The molecule has 0 aliphatic carbocycles. The van der Waals surface area contributed by atoms with E-state index in [4.69, 9.17) is 9.78 Å². The van der Waals surface area contributed by atoms with Crippen molar-refractivity contribution in [3.63, 3.8) is 0 Å². The lowest BCUT2D eigenvalue weighted by Crippen LogP contribution is -2.20. The van der Waals surface area contributed by atoms with Gasteiger partial charge in [-0.05, 0) is 57.1 Å². The van der Waals surface area contributed by atoms with Gasteiger partial charge in [0.2, 0.25) is 0 Å². The summed E-state index contributed by atoms with van der Waals surface area (Å²) in [6.45, 7) is 28.7. The number of rotatable bonds is 3. The molecule has 38 heavy (non-hydrogen) atoms. The highest BCUT2D eigenvalue weighted by Gasteiger charge is 2.26. The number of hydrogen-bond acceptors (Lipinski definition) is 2. The van der Waals surface area contributed by atoms with E-state index < -0.39 is 0 Å². The van der Waals surface area contributed by atoms with Gasteiger partial charge in [-0.25, -0.2) is 0 Å². The molecule has 208 valence electrons. The van der Waals surface area contributed by atoms with Gasteiger partial charge in [-0.3, -0.25) is 9.78 Å². The summed E-state index contributed by atoms with van der Waals surface area (Å²) in [5, 5.41) is 1.25. The molecule has 0 aromatic heterocycles. The molecular weight excluding hydrogens is 483 g/mol. The Kier molecular flexibility index (Phi) is 9.93. The van der Waals surface area contributed by atoms with E-state index >= 15 is 0 Å². The Morgan fingerprint density at radius 1 is 0.474 bits per heavy atom. The highest BCUT2D eigenvalue weighted by atomic mass is 31.0. The van der Waals surface area contributed by atoms with Crippen LogP contribution in [0.5, 0.6) is 11.5 Å². The molecule has 2 nitrogen and oxygen atoms in total. The molecule has 3 rings (SSSR count). The van der Waals surface area contributed by atoms with Gasteiger partial charge in [0.25, 0.3) is 0 Å². The molecule has 0 bridgehead atoms. The summed E-state index contributed by atoms with van der Waals surface area (Å²) in [5.74, 6) is 1.55. The summed E-state index contributed by atoms with van der Waals surface area (Å²) in [6, 6.07) is 21.2. The highest BCUT2D eigenvalue weighted by Crippen LogP contribution is 2.38. The molecule has 0 heterocycles. The average molecular weight is 535 g/mol. The van der Waals surface area contributed by atoms with Crippen molar-refractivity contribution in [2.45, 2.75) is 112 Å². The zero-order valence-electron chi connectivity index (χ0n) is 26.2. The molecule has 0 saturated carbocycles. The largest absolute Gasteiger partial charge is 0.290 e. The Bertz CT molecular complexity index is 1100. The molecule has 0 fully saturated rings. The molecule has 3 aromatic carbocycles. The second kappa shape index (κ2) is 11.8. The molecular formula is C35H51O2P. The second-order valence-corrected chi connectivity index (χ2v) is 15.2. The number of aryl methyl sites for hydroxylation is 1. The molecule has 3 heteroatoms. The van der Waals surface area contributed by atoms with E-state index in [2.05, 4.69) is 148 Å². The van der Waals surface area contributed by atoms with Gasteiger partial charge in [0.05, 0.1) is 0 Å². The SMILES string of the molecule is CC(C)(C)c1ccc(OOc2ccc(C(C)(C)C)cc2C(C)(C)C)c(C(C)(C)C)c1.Cc1ccc(P)cc1. The van der Waals surface area contributed by atoms with Crippen molar-refractivity contribution in [3.05, 3.63) is 88.5 Å². The molecule has 0 amide bonds. The van der Waals surface area contributed by atoms with Gasteiger partial charge < -0.3 is 0 Å². The summed E-state index contributed by atoms with van der Waals surface area (Å²) < 4.78 is 0. The lowest BCUT2D eigenvalue weighted by atomic mass is 9.80. The molecule has 1 unspecified atom stereocenters. The monoisotopic (exact) mass is 534 g/mol. The zero-order chi connectivity index (χ0) is 29.1. The molecule has 0 radical (unpaired) electrons. The van der Waals surface area contributed by atoms with Crippen molar-refractivity contribution < 1.29 is 9.78 Å². The Hall–Kier alpha value is -2.31. The van der Waals surface area contributed by atoms with Crippen LogP contribution >= 0.6 is 9.24 Å². The van der Waals surface area contributed by atoms with Crippen molar-refractivity contribution in [3.8, 4) is 11.5 Å². The van der Waals surface area contributed by atoms with Crippen LogP contribution < -0.4 is 15.1 Å². The second-order valence-electron chi connectivity index (χ2n) is 14.5. The van der Waals surface area contributed by atoms with Gasteiger partial charge in [-0.2, -0.15) is 0 Å². The molecule has 1 atom stereocenters. The Balaban J connectivity index is 0.000000538. The van der Waals surface area contributed by atoms with E-state index in [0.717, 1.165) is 22.6 Å². The Morgan fingerprint density at radius 2 is 0.816 bits per heavy atom. The molecule has 0 spiro atoms. The van der Waals surface area contributed by atoms with E-state index in [0.29, 0.717) is 0 Å². The first-order chi connectivity index (χ1) is 17.2. The van der Waals surface area contributed by atoms with Gasteiger partial charge in [0.1, 0.15) is 0 Å². The standard InChI is InChI=1S/C28H42O2.C7H9P/c1-25(2,3)19-13-15-23(21(17-19)27(7,8)9)29-30-24-16-14-20(26(4,5)6)18-22(24)28(10,11)12;1-6-2-4-7(8)5-3-6/h13-18H,1-12H3;2-5H,8H2,1H3. The summed E-state index contributed by atoms with van der Waals surface area (Å²) in [7, 11) is 2.65. The van der Waals surface area contributed by atoms with Crippen LogP contribution in [-0.2, 0) is 21.7 Å². The minimum absolute atomic E-state index is 0.0527. The predicted molar refractivity (Wildman–Crippen MR) is 169 cm³/mol. The van der Waals surface area contributed by atoms with E-state index in [1.165, 1.54) is 22.0 Å². The first-order valence-corrected chi connectivity index (χ1v) is 14.2. The maximum atomic E-state index is 5.98. The van der Waals surface area contributed by atoms with Crippen molar-refractivity contribution in [2.75, 3.05) is 0 Å². The maximum Gasteiger partial charge on any atom is 0.182 e. The van der Waals surface area contributed by atoms with Crippen LogP contribution in [-0.4, -0.2) is 0 Å². The third kappa shape index (κ3) is 9.16. The highest BCUT2D eigenvalue weighted by molar-refractivity contribution is 7.27. The summed E-state index contributed by atoms with van der Waals surface area (Å²) in [4.78, 5) is 12.0. The first kappa shape index (κ1) is 31.9. The fourth-order valence-corrected chi connectivity index (χ4v) is 4.16. The van der Waals surface area contributed by atoms with Gasteiger partial charge >= 0.3 is 0 Å². The van der Waals surface area contributed by atoms with Gasteiger partial charge in [-0.1, -0.05) is 137 Å². The number of hydrogen-bond donors (Lipinski definition) is 0. The molecule has 0 N–H and O–H groups in total. The van der Waals surface area contributed by atoms with Crippen LogP contribution in [0.3, 0.4) is 0 Å². The lowest BCUT2D eigenvalue weighted by molar-refractivity contribution is -0.103. The van der Waals surface area contributed by atoms with Gasteiger partial charge in [0, 0.05) is 11.1 Å². The van der Waals surface area contributed by atoms with Crippen molar-refractivity contribution in [2.24, 2.45) is 0 Å². The topological polar surface area (TPSA) is 18.5 Å². The fraction of sp³-hybridized carbons (Fsp3) is 0.486. The molecule has 0 saturated heterocycles. The van der Waals surface area contributed by atoms with Crippen LogP contribution in [0.25, 0.3) is 0 Å². The van der Waals surface area contributed by atoms with E-state index in [1.807, 2.05) is 12.1 Å². The van der Waals surface area contributed by atoms with Crippen molar-refractivity contribution >= 4 is 14.5 Å². The van der Waals surface area contributed by atoms with Crippen LogP contribution in [0.2, 0.25) is 0 Å². The summed E-state index contributed by atoms with van der Waals surface area (Å²) in [5.41, 5.74) is 6.28. The van der Waals surface area contributed by atoms with Crippen LogP contribution in [0.4, 0.5) is 0 Å². The molecule has 3 aromatic rings. The van der Waals surface area contributed by atoms with Gasteiger partial charge in [0.15, 0.2) is 11.5 Å². The average Bonchev–Trinajstić information content (AvgIpc) is 2.77. The fourth-order valence-electron chi connectivity index (χ4n) is 3.97. The minimum Gasteiger partial charge on any atom is -0.290 e. The van der Waals surface area contributed by atoms with Crippen molar-refractivity contribution in [1.82, 2.24) is 0 Å². The smallest absolute Gasteiger partial charge is 0.182 e. The molecule has 0 aliphatic heterocycles. The van der Waals surface area contributed by atoms with Gasteiger partial charge in [-0.15, -0.1) is 9.24 Å². The minimum atomic E-state index is -0.0527. The van der Waals surface area contributed by atoms with Crippen LogP contribution in [0.15, 0.2) is 60.7 Å². The zero-order valence-corrected chi connectivity index (χ0v) is 27.3. The third-order valence-corrected chi connectivity index (χ3v) is 6.99. The Labute approximate surface area is 235 Å². The predicted octanol–water partition coefficient (Wildman–Crippen LogP) is 9.74. The first-order valence-electron chi connectivity index (χ1n) is 13.7. The molecule has 0 aliphatic rings. The Morgan fingerprint density at radius 3 is 1.08 bits per heavy atom.